The topological polar surface area (TPSA) is 298 Å². The van der Waals surface area contributed by atoms with Gasteiger partial charge in [0.05, 0.1) is 35.2 Å². The summed E-state index contributed by atoms with van der Waals surface area (Å²) in [5.74, 6) is -6.87. The Kier molecular flexibility index (Phi) is 12.1. The van der Waals surface area contributed by atoms with E-state index in [2.05, 4.69) is 74.2 Å². The molecule has 2 spiro atoms. The molecule has 20 nitrogen and oxygen atoms in total. The first-order chi connectivity index (χ1) is 40.8. The number of carbonyl (C=O) groups is 6. The summed E-state index contributed by atoms with van der Waals surface area (Å²) in [6, 6.07) is -0.203. The van der Waals surface area contributed by atoms with Gasteiger partial charge in [-0.2, -0.15) is 0 Å². The van der Waals surface area contributed by atoms with Crippen LogP contribution in [0.4, 0.5) is 0 Å². The molecule has 20 heteroatoms. The number of carbonyl (C=O) groups excluding carboxylic acids is 6. The molecule has 6 aliphatic heterocycles. The second-order valence-corrected chi connectivity index (χ2v) is 33.3. The zero-order valence-electron chi connectivity index (χ0n) is 54.4. The summed E-state index contributed by atoms with van der Waals surface area (Å²) in [6.07, 6.45) is -4.90. The lowest BCUT2D eigenvalue weighted by Gasteiger charge is -2.66. The molecule has 10 saturated carbocycles. The van der Waals surface area contributed by atoms with Gasteiger partial charge in [-0.05, 0) is 110 Å². The predicted octanol–water partition coefficient (Wildman–Crippen LogP) is 4.71. The zero-order valence-corrected chi connectivity index (χ0v) is 54.4. The maximum Gasteiger partial charge on any atom is 0.340 e. The molecule has 88 heavy (non-hydrogen) atoms. The summed E-state index contributed by atoms with van der Waals surface area (Å²) in [7, 11) is 1.61. The quantitative estimate of drug-likeness (QED) is 0.145. The summed E-state index contributed by atoms with van der Waals surface area (Å²) in [6.45, 7) is 37.3. The molecule has 16 fully saturated rings. The van der Waals surface area contributed by atoms with Crippen LogP contribution in [0.15, 0.2) is 12.3 Å². The van der Waals surface area contributed by atoms with Gasteiger partial charge in [-0.3, -0.25) is 29.3 Å². The van der Waals surface area contributed by atoms with E-state index in [9.17, 15) is 49.2 Å². The molecule has 0 aromatic heterocycles. The Labute approximate surface area is 515 Å². The first-order valence-corrected chi connectivity index (χ1v) is 33.1. The molecule has 4 unspecified atom stereocenters. The van der Waals surface area contributed by atoms with Crippen LogP contribution in [0.1, 0.15) is 131 Å². The Morgan fingerprint density at radius 1 is 0.580 bits per heavy atom. The van der Waals surface area contributed by atoms with Crippen molar-refractivity contribution in [3.63, 3.8) is 0 Å². The van der Waals surface area contributed by atoms with Gasteiger partial charge in [0.2, 0.25) is 5.79 Å². The van der Waals surface area contributed by atoms with Crippen LogP contribution in [0.2, 0.25) is 0 Å². The summed E-state index contributed by atoms with van der Waals surface area (Å²) in [4.78, 5) is 80.3. The molecule has 0 amide bonds. The molecule has 0 radical (unpaired) electrons. The fourth-order valence-electron chi connectivity index (χ4n) is 27.1. The molecular weight excluding hydrogens is 1130 g/mol. The highest BCUT2D eigenvalue weighted by atomic mass is 16.8. The van der Waals surface area contributed by atoms with Gasteiger partial charge in [-0.25, -0.2) is 4.79 Å². The third kappa shape index (κ3) is 6.30. The first-order valence-electron chi connectivity index (χ1n) is 33.1. The number of aliphatic hydroxyl groups excluding tert-OH is 2. The third-order valence-electron chi connectivity index (χ3n) is 31.3. The minimum absolute atomic E-state index is 0.00535. The van der Waals surface area contributed by atoms with E-state index >= 15 is 0 Å². The van der Waals surface area contributed by atoms with Gasteiger partial charge in [0.15, 0.2) is 22.9 Å². The number of esters is 4. The van der Waals surface area contributed by atoms with Crippen molar-refractivity contribution in [2.75, 3.05) is 7.11 Å². The average molecular weight is 1230 g/mol. The number of nitrogens with one attached hydrogen (secondary N) is 1. The van der Waals surface area contributed by atoms with Crippen molar-refractivity contribution in [1.29, 1.82) is 0 Å². The van der Waals surface area contributed by atoms with Crippen LogP contribution in [0.3, 0.4) is 0 Å². The predicted molar refractivity (Wildman–Crippen MR) is 306 cm³/mol. The van der Waals surface area contributed by atoms with Gasteiger partial charge in [-0.15, -0.1) is 0 Å². The lowest BCUT2D eigenvalue weighted by Crippen LogP contribution is -2.71. The molecule has 0 aromatic rings. The number of ether oxygens (including phenoxy) is 9. The summed E-state index contributed by atoms with van der Waals surface area (Å²) in [5, 5.41) is 52.5. The number of hydrogen-bond donors (Lipinski definition) is 5. The number of Topliss-reactive ketones (excluding diaryl/α,β-unsaturated/α-hetero) is 2. The second kappa shape index (κ2) is 17.6. The number of ketones is 2. The highest BCUT2D eigenvalue weighted by Gasteiger charge is 2.94. The SMILES string of the molecule is C=C1O[C@@]23O[C@@H]2[C@@H](C)[C@H]2[C@@H]([C@H](O)[C@H]4C5C([C@H](C)[C@H](C)[C@]24C)[C@]2(C)[C@H](C[C@@H]4O[C@@H]4[C@@H]2OC(C)=O)C(=O)[C@@H]5OC)[C@@]3(C)[C@]1(C)O.CC(=O)O[C@H]1[C@@H]2[C@H]([C@H](C)[C@H]3N[C@]34OC(=O)[C@@](C)(O)[C@]24C)[C@]2(C)[C@@H]1C1C([C@H](C)[C@@H]2C)[C@]2(C)[C@H](C[C@@H]3O[C@@H]3[C@@H]2OC(C)=O)C(=O)[C@@H]1O. The van der Waals surface area contributed by atoms with Gasteiger partial charge >= 0.3 is 23.9 Å². The van der Waals surface area contributed by atoms with E-state index in [0.717, 1.165) is 0 Å². The van der Waals surface area contributed by atoms with Crippen LogP contribution in [0.25, 0.3) is 0 Å². The Hall–Kier alpha value is -3.60. The van der Waals surface area contributed by atoms with Crippen molar-refractivity contribution in [3.8, 4) is 0 Å². The number of methoxy groups -OCH3 is 1. The fraction of sp³-hybridized carbons (Fsp3) is 0.882. The molecule has 16 rings (SSSR count). The maximum atomic E-state index is 14.6. The maximum absolute atomic E-state index is 14.6. The van der Waals surface area contributed by atoms with Gasteiger partial charge in [0.25, 0.3) is 0 Å². The van der Waals surface area contributed by atoms with Crippen LogP contribution in [0.5, 0.6) is 0 Å². The molecule has 16 aliphatic rings. The number of fused-ring (bicyclic) bond motifs is 18. The summed E-state index contributed by atoms with van der Waals surface area (Å²) < 4.78 is 55.4. The van der Waals surface area contributed by atoms with Crippen molar-refractivity contribution in [2.24, 2.45) is 139 Å². The summed E-state index contributed by atoms with van der Waals surface area (Å²) >= 11 is 0. The van der Waals surface area contributed by atoms with Gasteiger partial charge in [0, 0.05) is 80.1 Å². The molecule has 6 saturated heterocycles. The number of hydrogen-bond acceptors (Lipinski definition) is 20. The van der Waals surface area contributed by atoms with Crippen molar-refractivity contribution < 1.29 is 91.8 Å². The molecule has 40 atom stereocenters. The Morgan fingerprint density at radius 3 is 1.60 bits per heavy atom. The molecule has 5 N–H and O–H groups in total. The van der Waals surface area contributed by atoms with E-state index < -0.39 is 133 Å². The van der Waals surface area contributed by atoms with Gasteiger partial charge in [-0.1, -0.05) is 82.7 Å². The Morgan fingerprint density at radius 2 is 1.08 bits per heavy atom. The van der Waals surface area contributed by atoms with Crippen LogP contribution in [-0.2, 0) is 71.4 Å². The number of aliphatic hydroxyl groups is 4. The largest absolute Gasteiger partial charge is 0.462 e. The lowest BCUT2D eigenvalue weighted by molar-refractivity contribution is -0.237. The fourth-order valence-corrected chi connectivity index (χ4v) is 27.1. The van der Waals surface area contributed by atoms with Crippen molar-refractivity contribution in [1.82, 2.24) is 5.32 Å². The van der Waals surface area contributed by atoms with Crippen LogP contribution in [0, 0.1) is 139 Å². The highest BCUT2D eigenvalue weighted by Crippen LogP contribution is 2.84. The number of epoxide rings is 3. The van der Waals surface area contributed by atoms with E-state index in [0.29, 0.717) is 12.8 Å². The van der Waals surface area contributed by atoms with E-state index in [1.165, 1.54) is 27.7 Å². The standard InChI is InChI=1S/C34H47NO10.C34H48O9/c1-11-13(3)30(6)20-12(2)27-34(35-27)32(8,33(9,41)29(40)45-34)22(20)26(42-14(4)36)21(30)18-19(11)31(7)16(23(38)24(18)39)10-17-25(44-17)28(31)43-15(5)37;1-12-14(3)30(6)21-13(2)28-34(43-28)32(8,33(9,38)15(4)42-34)23(21)25(37)22(30)19-20(12)31(7)17(24(36)27(19)39-10)11-18-26(41-18)29(31)40-16(5)35/h11-13,16-22,24-28,35,39,41H,10H2,1-9H3;12-14,17-23,25-29,37-38H,4,11H2,1-3,5-10H3/t11-,12+,13+,16-,17+,18?,19?,20+,21-,22+,24-,25+,26-,27-,28+,30-,31+,32+,33-,34+;12-,13+,14+,17-,18+,19?,20?,21+,22-,23+,25-,26+,27-,28-,29+,30-,31+,32+,33-,34-/m11/s1. The molecule has 0 bridgehead atoms. The van der Waals surface area contributed by atoms with E-state index in [1.807, 2.05) is 20.8 Å². The van der Waals surface area contributed by atoms with Gasteiger partial charge < -0.3 is 63.1 Å². The minimum Gasteiger partial charge on any atom is -0.462 e. The van der Waals surface area contributed by atoms with Crippen molar-refractivity contribution in [2.45, 2.75) is 226 Å². The van der Waals surface area contributed by atoms with Crippen molar-refractivity contribution >= 4 is 35.4 Å². The molecule has 486 valence electrons. The van der Waals surface area contributed by atoms with Crippen LogP contribution < -0.4 is 5.32 Å². The van der Waals surface area contributed by atoms with Gasteiger partial charge in [0.1, 0.15) is 60.2 Å². The monoisotopic (exact) mass is 1230 g/mol. The highest BCUT2D eigenvalue weighted by molar-refractivity contribution is 5.89. The van der Waals surface area contributed by atoms with Crippen LogP contribution >= 0.6 is 0 Å². The normalized spacial score (nSPS) is 64.2. The van der Waals surface area contributed by atoms with E-state index in [1.54, 1.807) is 14.0 Å². The Balaban J connectivity index is 0.000000148. The Bertz CT molecular complexity index is 3170. The van der Waals surface area contributed by atoms with E-state index in [-0.39, 0.29) is 143 Å². The van der Waals surface area contributed by atoms with E-state index in [4.69, 9.17) is 42.6 Å². The third-order valence-corrected chi connectivity index (χ3v) is 31.3. The first kappa shape index (κ1) is 60.6. The second-order valence-electron chi connectivity index (χ2n) is 33.3. The lowest BCUT2D eigenvalue weighted by atomic mass is 9.38. The average Bonchev–Trinajstić information content (AvgIpc) is 1.45. The van der Waals surface area contributed by atoms with Crippen LogP contribution in [-0.4, -0.2) is 159 Å². The zero-order chi connectivity index (χ0) is 63.8. The molecule has 0 aromatic carbocycles. The molecule has 6 heterocycles. The summed E-state index contributed by atoms with van der Waals surface area (Å²) in [5.41, 5.74) is -9.02. The number of rotatable bonds is 4. The molecule has 10 aliphatic carbocycles. The van der Waals surface area contributed by atoms with Crippen molar-refractivity contribution in [3.05, 3.63) is 12.3 Å². The minimum atomic E-state index is -1.88. The smallest absolute Gasteiger partial charge is 0.340 e. The molecular formula is C68H95NO19.